The largest absolute Gasteiger partial charge is 0.481 e. The van der Waals surface area contributed by atoms with Gasteiger partial charge >= 0.3 is 19.7 Å². The Kier molecular flexibility index (Phi) is 8.66. The van der Waals surface area contributed by atoms with Crippen molar-refractivity contribution in [2.45, 2.75) is 45.1 Å². The van der Waals surface area contributed by atoms with E-state index in [0.29, 0.717) is 5.56 Å². The molecule has 2 unspecified atom stereocenters. The van der Waals surface area contributed by atoms with E-state index in [4.69, 9.17) is 9.05 Å². The van der Waals surface area contributed by atoms with Crippen LogP contribution in [-0.4, -0.2) is 35.9 Å². The highest BCUT2D eigenvalue weighted by atomic mass is 31.2. The third-order valence-electron chi connectivity index (χ3n) is 3.78. The maximum absolute atomic E-state index is 12.7. The Morgan fingerprint density at radius 2 is 1.64 bits per heavy atom. The number of hydrogen-bond acceptors (Lipinski definition) is 5. The van der Waals surface area contributed by atoms with E-state index in [1.807, 2.05) is 0 Å². The van der Waals surface area contributed by atoms with Crippen LogP contribution in [0.2, 0.25) is 0 Å². The van der Waals surface area contributed by atoms with Crippen LogP contribution in [-0.2, 0) is 29.4 Å². The first-order chi connectivity index (χ1) is 12.9. The van der Waals surface area contributed by atoms with Gasteiger partial charge in [-0.2, -0.15) is 13.2 Å². The van der Waals surface area contributed by atoms with Gasteiger partial charge in [0.1, 0.15) is 0 Å². The molecule has 0 bridgehead atoms. The van der Waals surface area contributed by atoms with Gasteiger partial charge in [0, 0.05) is 0 Å². The number of amides is 1. The lowest BCUT2D eigenvalue weighted by atomic mass is 10.1. The first-order valence-corrected chi connectivity index (χ1v) is 10.1. The number of carbonyl (C=O) groups is 2. The smallest absolute Gasteiger partial charge is 0.416 e. The molecule has 0 fully saturated rings. The third-order valence-corrected chi connectivity index (χ3v) is 6.18. The molecule has 158 valence electrons. The van der Waals surface area contributed by atoms with Crippen LogP contribution in [0.25, 0.3) is 0 Å². The van der Waals surface area contributed by atoms with Gasteiger partial charge < -0.3 is 19.5 Å². The molecule has 1 rings (SSSR count). The number of aliphatic carboxylic acids is 1. The zero-order chi connectivity index (χ0) is 21.5. The molecule has 0 heterocycles. The summed E-state index contributed by atoms with van der Waals surface area (Å²) < 4.78 is 60.5. The molecule has 1 aromatic rings. The van der Waals surface area contributed by atoms with Crippen LogP contribution < -0.4 is 5.32 Å². The van der Waals surface area contributed by atoms with Gasteiger partial charge in [-0.25, -0.2) is 0 Å². The SMILES string of the molecule is CCOP(=O)(OCC)C(CC(=O)NC(C)c1ccc(C(F)(F)F)cc1)C(=O)O. The number of carbonyl (C=O) groups excluding carboxylic acids is 1. The Morgan fingerprint density at radius 3 is 2.04 bits per heavy atom. The minimum absolute atomic E-state index is 0.0648. The summed E-state index contributed by atoms with van der Waals surface area (Å²) in [6, 6.07) is 3.51. The summed E-state index contributed by atoms with van der Waals surface area (Å²) in [6.07, 6.45) is -5.14. The molecule has 0 aliphatic carbocycles. The molecular formula is C17H23F3NO6P. The molecule has 0 saturated heterocycles. The molecule has 0 radical (unpaired) electrons. The van der Waals surface area contributed by atoms with E-state index in [9.17, 15) is 32.4 Å². The summed E-state index contributed by atoms with van der Waals surface area (Å²) in [7, 11) is -4.07. The number of nitrogens with one attached hydrogen (secondary N) is 1. The van der Waals surface area contributed by atoms with Crippen molar-refractivity contribution in [2.75, 3.05) is 13.2 Å². The molecule has 0 aromatic heterocycles. The number of alkyl halides is 3. The lowest BCUT2D eigenvalue weighted by Crippen LogP contribution is -2.33. The van der Waals surface area contributed by atoms with Crippen molar-refractivity contribution in [1.82, 2.24) is 5.32 Å². The molecule has 1 aromatic carbocycles. The Balaban J connectivity index is 2.87. The average Bonchev–Trinajstić information content (AvgIpc) is 2.59. The van der Waals surface area contributed by atoms with Crippen LogP contribution in [0, 0.1) is 0 Å². The molecule has 0 aliphatic heterocycles. The van der Waals surface area contributed by atoms with Gasteiger partial charge in [0.25, 0.3) is 0 Å². The molecule has 1 amide bonds. The minimum atomic E-state index is -4.47. The highest BCUT2D eigenvalue weighted by Gasteiger charge is 2.42. The second-order valence-electron chi connectivity index (χ2n) is 5.84. The molecule has 0 saturated carbocycles. The maximum Gasteiger partial charge on any atom is 0.416 e. The van der Waals surface area contributed by atoms with Gasteiger partial charge in [0.2, 0.25) is 5.91 Å². The van der Waals surface area contributed by atoms with Gasteiger partial charge in [0.15, 0.2) is 5.66 Å². The molecular weight excluding hydrogens is 402 g/mol. The van der Waals surface area contributed by atoms with Crippen molar-refractivity contribution < 1.29 is 41.5 Å². The van der Waals surface area contributed by atoms with Gasteiger partial charge in [-0.3, -0.25) is 14.2 Å². The fraction of sp³-hybridized carbons (Fsp3) is 0.529. The normalized spacial score (nSPS) is 14.4. The van der Waals surface area contributed by atoms with E-state index in [2.05, 4.69) is 5.32 Å². The second kappa shape index (κ2) is 10.0. The minimum Gasteiger partial charge on any atom is -0.481 e. The molecule has 2 atom stereocenters. The average molecular weight is 425 g/mol. The summed E-state index contributed by atoms with van der Waals surface area (Å²) in [5.74, 6) is -2.26. The Hall–Kier alpha value is -1.90. The first-order valence-electron chi connectivity index (χ1n) is 8.52. The van der Waals surface area contributed by atoms with Crippen LogP contribution in [0.15, 0.2) is 24.3 Å². The first kappa shape index (κ1) is 24.1. The highest BCUT2D eigenvalue weighted by Crippen LogP contribution is 2.54. The van der Waals surface area contributed by atoms with Crippen molar-refractivity contribution in [3.63, 3.8) is 0 Å². The van der Waals surface area contributed by atoms with E-state index in [0.717, 1.165) is 12.1 Å². The van der Waals surface area contributed by atoms with E-state index in [-0.39, 0.29) is 13.2 Å². The van der Waals surface area contributed by atoms with Gasteiger partial charge in [-0.1, -0.05) is 12.1 Å². The number of hydrogen-bond donors (Lipinski definition) is 2. The fourth-order valence-corrected chi connectivity index (χ4v) is 4.25. The summed E-state index contributed by atoms with van der Waals surface area (Å²) in [5, 5.41) is 11.8. The van der Waals surface area contributed by atoms with Crippen molar-refractivity contribution in [3.05, 3.63) is 35.4 Å². The highest BCUT2D eigenvalue weighted by molar-refractivity contribution is 7.55. The van der Waals surface area contributed by atoms with Crippen LogP contribution in [0.4, 0.5) is 13.2 Å². The maximum atomic E-state index is 12.7. The molecule has 11 heteroatoms. The van der Waals surface area contributed by atoms with Crippen molar-refractivity contribution in [2.24, 2.45) is 0 Å². The third kappa shape index (κ3) is 6.61. The van der Waals surface area contributed by atoms with Gasteiger partial charge in [0.05, 0.1) is 31.2 Å². The van der Waals surface area contributed by atoms with Crippen molar-refractivity contribution in [1.29, 1.82) is 0 Å². The van der Waals surface area contributed by atoms with Crippen LogP contribution >= 0.6 is 7.60 Å². The predicted octanol–water partition coefficient (Wildman–Crippen LogP) is 3.99. The van der Waals surface area contributed by atoms with E-state index < -0.39 is 49.3 Å². The van der Waals surface area contributed by atoms with E-state index in [1.54, 1.807) is 0 Å². The number of carboxylic acids is 1. The Labute approximate surface area is 160 Å². The number of halogens is 3. The van der Waals surface area contributed by atoms with Crippen LogP contribution in [0.3, 0.4) is 0 Å². The standard InChI is InChI=1S/C17H23F3NO6P/c1-4-26-28(25,27-5-2)14(16(23)24)10-15(22)21-11(3)12-6-8-13(9-7-12)17(18,19)20/h6-9,11,14H,4-5,10H2,1-3H3,(H,21,22)(H,23,24). The van der Waals surface area contributed by atoms with Crippen molar-refractivity contribution >= 4 is 19.5 Å². The summed E-state index contributed by atoms with van der Waals surface area (Å²) in [5.41, 5.74) is -2.13. The summed E-state index contributed by atoms with van der Waals surface area (Å²) in [6.45, 7) is 4.42. The molecule has 0 aliphatic rings. The fourth-order valence-electron chi connectivity index (χ4n) is 2.43. The number of benzene rings is 1. The molecule has 28 heavy (non-hydrogen) atoms. The lowest BCUT2D eigenvalue weighted by Gasteiger charge is -2.23. The molecule has 2 N–H and O–H groups in total. The van der Waals surface area contributed by atoms with Crippen LogP contribution in [0.5, 0.6) is 0 Å². The number of carboxylic acid groups (broad SMARTS) is 1. The number of rotatable bonds is 10. The van der Waals surface area contributed by atoms with Crippen molar-refractivity contribution in [3.8, 4) is 0 Å². The zero-order valence-electron chi connectivity index (χ0n) is 15.7. The molecule has 7 nitrogen and oxygen atoms in total. The van der Waals surface area contributed by atoms with E-state index in [1.165, 1.54) is 32.9 Å². The van der Waals surface area contributed by atoms with Gasteiger partial charge in [-0.15, -0.1) is 0 Å². The van der Waals surface area contributed by atoms with Gasteiger partial charge in [-0.05, 0) is 38.5 Å². The van der Waals surface area contributed by atoms with Crippen LogP contribution in [0.1, 0.15) is 44.4 Å². The topological polar surface area (TPSA) is 102 Å². The zero-order valence-corrected chi connectivity index (χ0v) is 16.5. The lowest BCUT2D eigenvalue weighted by molar-refractivity contribution is -0.139. The summed E-state index contributed by atoms with van der Waals surface area (Å²) >= 11 is 0. The second-order valence-corrected chi connectivity index (χ2v) is 8.06. The predicted molar refractivity (Wildman–Crippen MR) is 94.9 cm³/mol. The summed E-state index contributed by atoms with van der Waals surface area (Å²) in [4.78, 5) is 23.7. The van der Waals surface area contributed by atoms with E-state index >= 15 is 0 Å². The Bertz CT molecular complexity index is 713. The monoisotopic (exact) mass is 425 g/mol. The molecule has 0 spiro atoms. The quantitative estimate of drug-likeness (QED) is 0.550. The Morgan fingerprint density at radius 1 is 1.14 bits per heavy atom.